The number of benzene rings is 2. The Morgan fingerprint density at radius 3 is 2.61 bits per heavy atom. The molecule has 12 heteroatoms. The minimum absolute atomic E-state index is 0.0456. The molecule has 0 N–H and O–H groups in total. The first-order valence-electron chi connectivity index (χ1n) is 10.8. The first-order valence-corrected chi connectivity index (χ1v) is 12.0. The van der Waals surface area contributed by atoms with Crippen molar-refractivity contribution in [1.29, 1.82) is 0 Å². The number of carbonyl (C=O) groups is 1. The summed E-state index contributed by atoms with van der Waals surface area (Å²) in [5.74, 6) is -0.568. The number of esters is 1. The highest BCUT2D eigenvalue weighted by Gasteiger charge is 2.25. The summed E-state index contributed by atoms with van der Waals surface area (Å²) in [4.78, 5) is 41.0. The van der Waals surface area contributed by atoms with Crippen LogP contribution in [0.5, 0.6) is 5.75 Å². The lowest BCUT2D eigenvalue weighted by Gasteiger charge is -2.21. The number of fused-ring (bicyclic) bond motifs is 1. The molecule has 190 valence electrons. The van der Waals surface area contributed by atoms with E-state index < -0.39 is 34.2 Å². The van der Waals surface area contributed by atoms with Gasteiger partial charge in [-0.15, -0.1) is 0 Å². The van der Waals surface area contributed by atoms with Crippen molar-refractivity contribution in [2.75, 3.05) is 6.61 Å². The predicted octanol–water partition coefficient (Wildman–Crippen LogP) is 5.23. The van der Waals surface area contributed by atoms with Crippen LogP contribution in [0.15, 0.2) is 44.7 Å². The van der Waals surface area contributed by atoms with E-state index in [1.54, 1.807) is 32.0 Å². The van der Waals surface area contributed by atoms with Gasteiger partial charge in [0.25, 0.3) is 5.56 Å². The number of nitrogens with zero attached hydrogens (tertiary/aromatic N) is 4. The molecule has 36 heavy (non-hydrogen) atoms. The van der Waals surface area contributed by atoms with Gasteiger partial charge in [-0.2, -0.15) is 9.78 Å². The maximum Gasteiger partial charge on any atom is 0.344 e. The number of nitro benzene ring substituents is 1. The van der Waals surface area contributed by atoms with Gasteiger partial charge in [0, 0.05) is 26.5 Å². The molecular weight excluding hydrogens is 556 g/mol. The molecule has 3 aromatic rings. The topological polar surface area (TPSA) is 126 Å². The van der Waals surface area contributed by atoms with Crippen LogP contribution in [0, 0.1) is 10.1 Å². The Bertz CT molecular complexity index is 1430. The SMILES string of the molecule is CC(C)OC(=O)COc1c(C=Nn2c(C(C)(C)C)nc3ccc(Br)cc3c2=O)cc(Cl)cc1[N+](=O)[O-]. The second kappa shape index (κ2) is 10.8. The van der Waals surface area contributed by atoms with E-state index in [4.69, 9.17) is 21.1 Å². The Hall–Kier alpha value is -3.31. The van der Waals surface area contributed by atoms with Gasteiger partial charge < -0.3 is 9.47 Å². The van der Waals surface area contributed by atoms with Crippen LogP contribution in [0.25, 0.3) is 10.9 Å². The monoisotopic (exact) mass is 578 g/mol. The van der Waals surface area contributed by atoms with Gasteiger partial charge in [-0.25, -0.2) is 9.78 Å². The second-order valence-electron chi connectivity index (χ2n) is 9.14. The normalized spacial score (nSPS) is 11.9. The molecule has 2 aromatic carbocycles. The number of halogens is 2. The van der Waals surface area contributed by atoms with E-state index in [0.29, 0.717) is 21.2 Å². The maximum absolute atomic E-state index is 13.4. The maximum atomic E-state index is 13.4. The molecule has 0 aliphatic rings. The Kier molecular flexibility index (Phi) is 8.15. The molecule has 1 aromatic heterocycles. The van der Waals surface area contributed by atoms with Crippen LogP contribution >= 0.6 is 27.5 Å². The summed E-state index contributed by atoms with van der Waals surface area (Å²) in [6.07, 6.45) is 0.829. The third-order valence-corrected chi connectivity index (χ3v) is 5.46. The first kappa shape index (κ1) is 27.3. The van der Waals surface area contributed by atoms with Gasteiger partial charge in [-0.3, -0.25) is 14.9 Å². The minimum atomic E-state index is -0.701. The average molecular weight is 580 g/mol. The number of nitro groups is 1. The number of rotatable bonds is 7. The fourth-order valence-electron chi connectivity index (χ4n) is 3.28. The molecule has 0 bridgehead atoms. The van der Waals surface area contributed by atoms with Crippen LogP contribution in [-0.2, 0) is 14.9 Å². The van der Waals surface area contributed by atoms with E-state index in [2.05, 4.69) is 26.0 Å². The van der Waals surface area contributed by atoms with Crippen LogP contribution < -0.4 is 10.3 Å². The highest BCUT2D eigenvalue weighted by Crippen LogP contribution is 2.34. The van der Waals surface area contributed by atoms with Crippen molar-refractivity contribution in [2.24, 2.45) is 5.10 Å². The zero-order chi connectivity index (χ0) is 26.8. The van der Waals surface area contributed by atoms with Crippen LogP contribution in [0.1, 0.15) is 46.0 Å². The van der Waals surface area contributed by atoms with Gasteiger partial charge in [0.05, 0.1) is 28.1 Å². The molecule has 0 saturated heterocycles. The molecule has 0 unspecified atom stereocenters. The third kappa shape index (κ3) is 6.27. The van der Waals surface area contributed by atoms with Crippen molar-refractivity contribution in [3.8, 4) is 5.75 Å². The van der Waals surface area contributed by atoms with E-state index in [0.717, 1.165) is 10.7 Å². The van der Waals surface area contributed by atoms with Gasteiger partial charge >= 0.3 is 11.7 Å². The molecule has 1 heterocycles. The number of carbonyl (C=O) groups excluding carboxylic acids is 1. The number of hydrogen-bond acceptors (Lipinski definition) is 8. The van der Waals surface area contributed by atoms with Crippen molar-refractivity contribution in [3.05, 3.63) is 71.7 Å². The van der Waals surface area contributed by atoms with Gasteiger partial charge in [0.2, 0.25) is 5.75 Å². The van der Waals surface area contributed by atoms with E-state index >= 15 is 0 Å². The molecule has 0 fully saturated rings. The number of aromatic nitrogens is 2. The Morgan fingerprint density at radius 2 is 2.00 bits per heavy atom. The van der Waals surface area contributed by atoms with Gasteiger partial charge in [-0.05, 0) is 38.1 Å². The van der Waals surface area contributed by atoms with Crippen molar-refractivity contribution >= 4 is 56.3 Å². The van der Waals surface area contributed by atoms with Gasteiger partial charge in [-0.1, -0.05) is 48.3 Å². The Balaban J connectivity index is 2.17. The van der Waals surface area contributed by atoms with Crippen molar-refractivity contribution in [1.82, 2.24) is 9.66 Å². The summed E-state index contributed by atoms with van der Waals surface area (Å²) in [5.41, 5.74) is -0.872. The van der Waals surface area contributed by atoms with Crippen LogP contribution in [0.4, 0.5) is 5.69 Å². The zero-order valence-electron chi connectivity index (χ0n) is 20.2. The fraction of sp³-hybridized carbons (Fsp3) is 0.333. The molecular formula is C24H24BrClN4O6. The summed E-state index contributed by atoms with van der Waals surface area (Å²) >= 11 is 9.47. The first-order chi connectivity index (χ1) is 16.8. The molecule has 0 atom stereocenters. The summed E-state index contributed by atoms with van der Waals surface area (Å²) in [6, 6.07) is 7.64. The van der Waals surface area contributed by atoms with Crippen LogP contribution in [-0.4, -0.2) is 39.5 Å². The lowest BCUT2D eigenvalue weighted by atomic mass is 9.95. The predicted molar refractivity (Wildman–Crippen MR) is 140 cm³/mol. The lowest BCUT2D eigenvalue weighted by molar-refractivity contribution is -0.385. The molecule has 0 radical (unpaired) electrons. The summed E-state index contributed by atoms with van der Waals surface area (Å²) in [6.45, 7) is 8.41. The van der Waals surface area contributed by atoms with Crippen molar-refractivity contribution < 1.29 is 19.2 Å². The number of ether oxygens (including phenoxy) is 2. The molecule has 0 aliphatic heterocycles. The van der Waals surface area contributed by atoms with Crippen LogP contribution in [0.2, 0.25) is 5.02 Å². The molecule has 0 spiro atoms. The lowest BCUT2D eigenvalue weighted by Crippen LogP contribution is -2.29. The zero-order valence-corrected chi connectivity index (χ0v) is 22.6. The second-order valence-corrected chi connectivity index (χ2v) is 10.5. The molecule has 10 nitrogen and oxygen atoms in total. The summed E-state index contributed by atoms with van der Waals surface area (Å²) in [7, 11) is 0. The highest BCUT2D eigenvalue weighted by atomic mass is 79.9. The van der Waals surface area contributed by atoms with Crippen molar-refractivity contribution in [3.63, 3.8) is 0 Å². The minimum Gasteiger partial charge on any atom is -0.474 e. The smallest absolute Gasteiger partial charge is 0.344 e. The third-order valence-electron chi connectivity index (χ3n) is 4.75. The fourth-order valence-corrected chi connectivity index (χ4v) is 3.86. The summed E-state index contributed by atoms with van der Waals surface area (Å²) in [5, 5.41) is 16.4. The van der Waals surface area contributed by atoms with Gasteiger partial charge in [0.1, 0.15) is 5.82 Å². The molecule has 0 saturated carbocycles. The van der Waals surface area contributed by atoms with E-state index in [9.17, 15) is 19.7 Å². The molecule has 0 aliphatic carbocycles. The number of hydrogen-bond donors (Lipinski definition) is 0. The average Bonchev–Trinajstić information content (AvgIpc) is 2.76. The standard InChI is InChI=1S/C24H24BrClN4O6/c1-13(2)36-20(31)12-35-21-14(8-16(26)10-19(21)30(33)34)11-27-29-22(32)17-9-15(25)6-7-18(17)28-23(29)24(3,4)5/h6-11,13H,12H2,1-5H3. The quantitative estimate of drug-likeness (QED) is 0.162. The van der Waals surface area contributed by atoms with Crippen molar-refractivity contribution in [2.45, 2.75) is 46.1 Å². The highest BCUT2D eigenvalue weighted by molar-refractivity contribution is 9.10. The van der Waals surface area contributed by atoms with E-state index in [-0.39, 0.29) is 22.4 Å². The van der Waals surface area contributed by atoms with E-state index in [1.807, 2.05) is 20.8 Å². The largest absolute Gasteiger partial charge is 0.474 e. The molecule has 0 amide bonds. The van der Waals surface area contributed by atoms with Gasteiger partial charge in [0.15, 0.2) is 6.61 Å². The van der Waals surface area contributed by atoms with E-state index in [1.165, 1.54) is 12.3 Å². The Labute approximate surface area is 220 Å². The molecule has 3 rings (SSSR count). The Morgan fingerprint density at radius 1 is 1.31 bits per heavy atom. The van der Waals surface area contributed by atoms with Crippen LogP contribution in [0.3, 0.4) is 0 Å². The summed E-state index contributed by atoms with van der Waals surface area (Å²) < 4.78 is 12.3.